The minimum atomic E-state index is -3.59. The highest BCUT2D eigenvalue weighted by Crippen LogP contribution is 2.08. The first kappa shape index (κ1) is 13.6. The molecule has 0 aromatic rings. The summed E-state index contributed by atoms with van der Waals surface area (Å²) in [5.41, 5.74) is 0. The Hall–Kier alpha value is -0.00377. The van der Waals surface area contributed by atoms with Crippen LogP contribution in [0.5, 0.6) is 0 Å². The Morgan fingerprint density at radius 3 is 1.73 bits per heavy atom. The molecule has 11 heavy (non-hydrogen) atoms. The molecule has 0 saturated carbocycles. The zero-order valence-corrected chi connectivity index (χ0v) is 6.86. The second-order valence-corrected chi connectivity index (χ2v) is 3.71. The van der Waals surface area contributed by atoms with E-state index in [4.69, 9.17) is 0 Å². The van der Waals surface area contributed by atoms with Gasteiger partial charge in [0.2, 0.25) is 0 Å². The first-order chi connectivity index (χ1) is 4.36. The van der Waals surface area contributed by atoms with Crippen LogP contribution in [0.1, 0.15) is 13.8 Å². The molecule has 0 heterocycles. The molecule has 0 aromatic carbocycles. The molecule has 0 radical (unpaired) electrons. The van der Waals surface area contributed by atoms with Crippen LogP contribution in [-0.4, -0.2) is 31.5 Å². The minimum absolute atomic E-state index is 0. The Balaban J connectivity index is 0. The normalized spacial score (nSPS) is 9.64. The van der Waals surface area contributed by atoms with Crippen molar-refractivity contribution >= 4 is 33.2 Å². The fraction of sp³-hybridized carbons (Fsp3) is 0.333. The lowest BCUT2D eigenvalue weighted by Crippen LogP contribution is -2.03. The molecule has 0 saturated heterocycles. The van der Waals surface area contributed by atoms with Crippen molar-refractivity contribution in [1.82, 2.24) is 0 Å². The van der Waals surface area contributed by atoms with Crippen molar-refractivity contribution in [2.75, 3.05) is 0 Å². The fourth-order valence-electron chi connectivity index (χ4n) is 0.258. The Morgan fingerprint density at radius 2 is 1.64 bits per heavy atom. The zero-order chi connectivity index (χ0) is 8.36. The molecule has 0 aromatic heterocycles. The quantitative estimate of drug-likeness (QED) is 0.368. The summed E-state index contributed by atoms with van der Waals surface area (Å²) in [7, 11) is -3.59. The molecule has 0 N–H and O–H groups in total. The lowest BCUT2D eigenvalue weighted by atomic mass is 10.7. The number of hydrogen-bond donors (Lipinski definition) is 0. The molecular formula is C6H12MgO3S. The summed E-state index contributed by atoms with van der Waals surface area (Å²) in [6.45, 7) is 9.32. The van der Waals surface area contributed by atoms with Gasteiger partial charge < -0.3 is 4.18 Å². The second kappa shape index (κ2) is 4.79. The standard InChI is InChI=1S/C6H10O3S.Mg.2H/c1-5(2)9-10(7,8)6(3)4;;;/h1,3H2,2,4H3;;;. The summed E-state index contributed by atoms with van der Waals surface area (Å²) in [5.74, 6) is 0.142. The summed E-state index contributed by atoms with van der Waals surface area (Å²) in [5, 5.41) is 0. The summed E-state index contributed by atoms with van der Waals surface area (Å²) >= 11 is 0. The van der Waals surface area contributed by atoms with E-state index in [1.54, 1.807) is 0 Å². The molecule has 3 nitrogen and oxygen atoms in total. The van der Waals surface area contributed by atoms with Gasteiger partial charge in [-0.2, -0.15) is 8.42 Å². The monoisotopic (exact) mass is 188 g/mol. The third kappa shape index (κ3) is 5.29. The van der Waals surface area contributed by atoms with Gasteiger partial charge >= 0.3 is 33.2 Å². The summed E-state index contributed by atoms with van der Waals surface area (Å²) < 4.78 is 25.9. The highest BCUT2D eigenvalue weighted by molar-refractivity contribution is 7.90. The molecule has 0 amide bonds. The van der Waals surface area contributed by atoms with Gasteiger partial charge in [-0.25, -0.2) is 0 Å². The van der Waals surface area contributed by atoms with Crippen LogP contribution in [0, 0.1) is 0 Å². The molecule has 0 rings (SSSR count). The summed E-state index contributed by atoms with van der Waals surface area (Å²) in [6.07, 6.45) is 0. The maximum absolute atomic E-state index is 10.8. The van der Waals surface area contributed by atoms with Gasteiger partial charge in [0.1, 0.15) is 5.76 Å². The van der Waals surface area contributed by atoms with E-state index < -0.39 is 10.1 Å². The van der Waals surface area contributed by atoms with Gasteiger partial charge in [0.05, 0.1) is 4.91 Å². The third-order valence-electron chi connectivity index (χ3n) is 0.679. The first-order valence-corrected chi connectivity index (χ1v) is 4.02. The van der Waals surface area contributed by atoms with Crippen molar-refractivity contribution in [3.05, 3.63) is 23.8 Å². The predicted octanol–water partition coefficient (Wildman–Crippen LogP) is 0.484. The minimum Gasteiger partial charge on any atom is -0.385 e. The van der Waals surface area contributed by atoms with Gasteiger partial charge in [0.15, 0.2) is 0 Å². The van der Waals surface area contributed by atoms with Crippen molar-refractivity contribution in [1.29, 1.82) is 0 Å². The Bertz CT molecular complexity index is 253. The van der Waals surface area contributed by atoms with E-state index >= 15 is 0 Å². The van der Waals surface area contributed by atoms with E-state index in [0.717, 1.165) is 0 Å². The number of hydrogen-bond acceptors (Lipinski definition) is 3. The molecular weight excluding hydrogens is 176 g/mol. The highest BCUT2D eigenvalue weighted by atomic mass is 32.2. The third-order valence-corrected chi connectivity index (χ3v) is 2.04. The molecule has 5 heteroatoms. The van der Waals surface area contributed by atoms with Crippen LogP contribution in [-0.2, 0) is 14.3 Å². The largest absolute Gasteiger partial charge is 0.385 e. The van der Waals surface area contributed by atoms with E-state index in [2.05, 4.69) is 17.3 Å². The van der Waals surface area contributed by atoms with Gasteiger partial charge in [0, 0.05) is 0 Å². The van der Waals surface area contributed by atoms with Crippen molar-refractivity contribution in [3.8, 4) is 0 Å². The van der Waals surface area contributed by atoms with E-state index in [1.165, 1.54) is 13.8 Å². The molecule has 0 bridgehead atoms. The molecule has 0 spiro atoms. The summed E-state index contributed by atoms with van der Waals surface area (Å²) in [6, 6.07) is 0. The SMILES string of the molecule is C=C(C)OS(=O)(=O)C(=C)C.[MgH2]. The van der Waals surface area contributed by atoms with Gasteiger partial charge in [0.25, 0.3) is 0 Å². The molecule has 0 aliphatic carbocycles. The molecule has 0 fully saturated rings. The van der Waals surface area contributed by atoms with E-state index in [9.17, 15) is 8.42 Å². The Kier molecular flexibility index (Phi) is 5.91. The van der Waals surface area contributed by atoms with Crippen LogP contribution < -0.4 is 0 Å². The molecule has 0 aliphatic heterocycles. The number of rotatable bonds is 3. The maximum Gasteiger partial charge on any atom is 0.334 e. The zero-order valence-electron chi connectivity index (χ0n) is 6.05. The van der Waals surface area contributed by atoms with Gasteiger partial charge in [-0.1, -0.05) is 13.2 Å². The van der Waals surface area contributed by atoms with Crippen LogP contribution in [0.25, 0.3) is 0 Å². The van der Waals surface area contributed by atoms with Crippen molar-refractivity contribution in [2.24, 2.45) is 0 Å². The summed E-state index contributed by atoms with van der Waals surface area (Å²) in [4.78, 5) is -0.0181. The van der Waals surface area contributed by atoms with Gasteiger partial charge in [-0.3, -0.25) is 0 Å². The molecule has 0 atom stereocenters. The van der Waals surface area contributed by atoms with Crippen molar-refractivity contribution < 1.29 is 12.6 Å². The molecule has 0 unspecified atom stereocenters. The Labute approximate surface area is 83.4 Å². The Morgan fingerprint density at radius 1 is 1.27 bits per heavy atom. The van der Waals surface area contributed by atoms with E-state index in [1.807, 2.05) is 0 Å². The molecule has 62 valence electrons. The lowest BCUT2D eigenvalue weighted by Gasteiger charge is -2.03. The maximum atomic E-state index is 10.8. The van der Waals surface area contributed by atoms with Crippen LogP contribution in [0.4, 0.5) is 0 Å². The second-order valence-electron chi connectivity index (χ2n) is 1.94. The van der Waals surface area contributed by atoms with Crippen LogP contribution in [0.2, 0.25) is 0 Å². The van der Waals surface area contributed by atoms with Gasteiger partial charge in [-0.15, -0.1) is 0 Å². The fourth-order valence-corrected chi connectivity index (χ4v) is 0.775. The van der Waals surface area contributed by atoms with E-state index in [0.29, 0.717) is 0 Å². The van der Waals surface area contributed by atoms with Crippen molar-refractivity contribution in [3.63, 3.8) is 0 Å². The van der Waals surface area contributed by atoms with E-state index in [-0.39, 0.29) is 33.7 Å². The lowest BCUT2D eigenvalue weighted by molar-refractivity contribution is 0.416. The topological polar surface area (TPSA) is 43.4 Å². The number of allylic oxidation sites excluding steroid dienone is 2. The molecule has 0 aliphatic rings. The average molecular weight is 189 g/mol. The van der Waals surface area contributed by atoms with Crippen LogP contribution >= 0.6 is 0 Å². The smallest absolute Gasteiger partial charge is 0.334 e. The van der Waals surface area contributed by atoms with Crippen LogP contribution in [0.3, 0.4) is 0 Å². The van der Waals surface area contributed by atoms with Crippen molar-refractivity contribution in [2.45, 2.75) is 13.8 Å². The highest BCUT2D eigenvalue weighted by Gasteiger charge is 2.11. The van der Waals surface area contributed by atoms with Gasteiger partial charge in [-0.05, 0) is 13.8 Å². The average Bonchev–Trinajstić information content (AvgIpc) is 1.60. The van der Waals surface area contributed by atoms with Crippen LogP contribution in [0.15, 0.2) is 23.8 Å². The first-order valence-electron chi connectivity index (χ1n) is 2.62. The predicted molar refractivity (Wildman–Crippen MR) is 48.2 cm³/mol.